The van der Waals surface area contributed by atoms with Crippen LogP contribution in [0.25, 0.3) is 0 Å². The molecule has 20 heavy (non-hydrogen) atoms. The number of halogens is 2. The Morgan fingerprint density at radius 2 is 1.85 bits per heavy atom. The van der Waals surface area contributed by atoms with E-state index < -0.39 is 5.82 Å². The van der Waals surface area contributed by atoms with Gasteiger partial charge in [-0.3, -0.25) is 0 Å². The van der Waals surface area contributed by atoms with E-state index in [4.69, 9.17) is 0 Å². The number of benzene rings is 1. The Labute approximate surface area is 119 Å². The van der Waals surface area contributed by atoms with Gasteiger partial charge in [-0.05, 0) is 50.8 Å². The molecule has 0 aliphatic carbocycles. The van der Waals surface area contributed by atoms with E-state index in [0.29, 0.717) is 11.6 Å². The highest BCUT2D eigenvalue weighted by Crippen LogP contribution is 2.41. The van der Waals surface area contributed by atoms with Gasteiger partial charge in [0.1, 0.15) is 11.5 Å². The molecular weight excluding hydrogens is 258 g/mol. The number of nitrogens with zero attached hydrogens (tertiary/aromatic N) is 1. The molecule has 110 valence electrons. The number of anilines is 1. The summed E-state index contributed by atoms with van der Waals surface area (Å²) in [5.74, 6) is -0.810. The first-order chi connectivity index (χ1) is 9.61. The topological polar surface area (TPSA) is 15.3 Å². The fraction of sp³-hybridized carbons (Fsp3) is 0.625. The van der Waals surface area contributed by atoms with E-state index in [1.807, 2.05) is 4.90 Å². The predicted octanol–water partition coefficient (Wildman–Crippen LogP) is 3.38. The molecule has 2 atom stereocenters. The average Bonchev–Trinajstić information content (AvgIpc) is 2.67. The first-order valence-electron chi connectivity index (χ1n) is 7.58. The molecule has 1 N–H and O–H groups in total. The zero-order chi connectivity index (χ0) is 14.3. The van der Waals surface area contributed by atoms with E-state index >= 15 is 0 Å². The zero-order valence-corrected chi connectivity index (χ0v) is 12.1. The van der Waals surface area contributed by atoms with Gasteiger partial charge in [-0.2, -0.15) is 0 Å². The lowest BCUT2D eigenvalue weighted by Crippen LogP contribution is -2.49. The van der Waals surface area contributed by atoms with Crippen LogP contribution in [0.3, 0.4) is 0 Å². The van der Waals surface area contributed by atoms with Crippen LogP contribution in [0.1, 0.15) is 38.2 Å². The molecule has 2 saturated heterocycles. The number of piperidine rings is 1. The molecule has 0 aromatic heterocycles. The van der Waals surface area contributed by atoms with Gasteiger partial charge in [0.15, 0.2) is 5.82 Å². The Balaban J connectivity index is 1.91. The SMILES string of the molecule is CCNC1CC2CCC(C1)N2c1c(F)ccc(C)c1F. The average molecular weight is 280 g/mol. The van der Waals surface area contributed by atoms with Crippen LogP contribution in [0.4, 0.5) is 14.5 Å². The van der Waals surface area contributed by atoms with Gasteiger partial charge >= 0.3 is 0 Å². The lowest BCUT2D eigenvalue weighted by Gasteiger charge is -2.41. The van der Waals surface area contributed by atoms with Crippen LogP contribution in [0.5, 0.6) is 0 Å². The van der Waals surface area contributed by atoms with Gasteiger partial charge < -0.3 is 10.2 Å². The third-order valence-electron chi connectivity index (χ3n) is 4.74. The minimum atomic E-state index is -0.424. The van der Waals surface area contributed by atoms with Crippen molar-refractivity contribution in [1.29, 1.82) is 0 Å². The quantitative estimate of drug-likeness (QED) is 0.913. The Bertz CT molecular complexity index is 489. The number of hydrogen-bond donors (Lipinski definition) is 1. The highest BCUT2D eigenvalue weighted by Gasteiger charge is 2.42. The first-order valence-corrected chi connectivity index (χ1v) is 7.58. The van der Waals surface area contributed by atoms with E-state index in [0.717, 1.165) is 32.2 Å². The van der Waals surface area contributed by atoms with Gasteiger partial charge in [0.05, 0.1) is 0 Å². The number of nitrogens with one attached hydrogen (secondary N) is 1. The van der Waals surface area contributed by atoms with E-state index in [1.54, 1.807) is 6.92 Å². The molecule has 2 unspecified atom stereocenters. The molecule has 1 aromatic rings. The molecule has 0 saturated carbocycles. The molecule has 0 amide bonds. The molecule has 0 radical (unpaired) electrons. The minimum absolute atomic E-state index is 0.201. The van der Waals surface area contributed by atoms with Crippen molar-refractivity contribution in [3.8, 4) is 0 Å². The summed E-state index contributed by atoms with van der Waals surface area (Å²) < 4.78 is 28.5. The normalized spacial score (nSPS) is 29.0. The van der Waals surface area contributed by atoms with E-state index in [9.17, 15) is 8.78 Å². The molecular formula is C16H22F2N2. The van der Waals surface area contributed by atoms with Crippen molar-refractivity contribution in [3.05, 3.63) is 29.3 Å². The first kappa shape index (κ1) is 13.8. The Morgan fingerprint density at radius 1 is 1.20 bits per heavy atom. The molecule has 4 heteroatoms. The summed E-state index contributed by atoms with van der Waals surface area (Å²) in [6.07, 6.45) is 4.05. The van der Waals surface area contributed by atoms with Crippen LogP contribution in [0.15, 0.2) is 12.1 Å². The molecule has 2 aliphatic heterocycles. The number of aryl methyl sites for hydroxylation is 1. The molecule has 3 rings (SSSR count). The highest BCUT2D eigenvalue weighted by molar-refractivity contribution is 5.55. The van der Waals surface area contributed by atoms with Crippen LogP contribution >= 0.6 is 0 Å². The zero-order valence-electron chi connectivity index (χ0n) is 12.1. The Kier molecular flexibility index (Phi) is 3.67. The van der Waals surface area contributed by atoms with Gasteiger partial charge in [0, 0.05) is 18.1 Å². The fourth-order valence-electron chi connectivity index (χ4n) is 3.88. The van der Waals surface area contributed by atoms with Crippen molar-refractivity contribution in [2.45, 2.75) is 57.7 Å². The summed E-state index contributed by atoms with van der Waals surface area (Å²) in [6, 6.07) is 3.93. The summed E-state index contributed by atoms with van der Waals surface area (Å²) in [4.78, 5) is 2.02. The summed E-state index contributed by atoms with van der Waals surface area (Å²) in [7, 11) is 0. The monoisotopic (exact) mass is 280 g/mol. The van der Waals surface area contributed by atoms with Crippen molar-refractivity contribution in [3.63, 3.8) is 0 Å². The van der Waals surface area contributed by atoms with Gasteiger partial charge in [0.25, 0.3) is 0 Å². The summed E-state index contributed by atoms with van der Waals surface area (Å²) in [6.45, 7) is 4.76. The molecule has 0 spiro atoms. The van der Waals surface area contributed by atoms with Crippen molar-refractivity contribution in [1.82, 2.24) is 5.32 Å². The van der Waals surface area contributed by atoms with Crippen molar-refractivity contribution >= 4 is 5.69 Å². The van der Waals surface area contributed by atoms with Crippen LogP contribution < -0.4 is 10.2 Å². The molecule has 2 heterocycles. The van der Waals surface area contributed by atoms with Gasteiger partial charge in [-0.25, -0.2) is 8.78 Å². The van der Waals surface area contributed by atoms with Crippen LogP contribution in [-0.2, 0) is 0 Å². The number of fused-ring (bicyclic) bond motifs is 2. The van der Waals surface area contributed by atoms with E-state index in [2.05, 4.69) is 12.2 Å². The molecule has 2 aliphatic rings. The summed E-state index contributed by atoms with van der Waals surface area (Å²) in [5, 5.41) is 3.48. The second-order valence-corrected chi connectivity index (χ2v) is 6.05. The third-order valence-corrected chi connectivity index (χ3v) is 4.74. The van der Waals surface area contributed by atoms with Crippen molar-refractivity contribution < 1.29 is 8.78 Å². The van der Waals surface area contributed by atoms with Gasteiger partial charge in [0.2, 0.25) is 0 Å². The van der Waals surface area contributed by atoms with E-state index in [1.165, 1.54) is 12.1 Å². The Hall–Kier alpha value is -1.16. The van der Waals surface area contributed by atoms with Crippen molar-refractivity contribution in [2.24, 2.45) is 0 Å². The summed E-state index contributed by atoms with van der Waals surface area (Å²) in [5.41, 5.74) is 0.724. The number of rotatable bonds is 3. The van der Waals surface area contributed by atoms with Crippen LogP contribution in [0, 0.1) is 18.6 Å². The van der Waals surface area contributed by atoms with Crippen molar-refractivity contribution in [2.75, 3.05) is 11.4 Å². The highest BCUT2D eigenvalue weighted by atomic mass is 19.1. The number of hydrogen-bond acceptors (Lipinski definition) is 2. The maximum absolute atomic E-state index is 14.4. The lowest BCUT2D eigenvalue weighted by atomic mass is 9.96. The third kappa shape index (κ3) is 2.20. The second kappa shape index (κ2) is 5.32. The molecule has 2 bridgehead atoms. The molecule has 1 aromatic carbocycles. The molecule has 2 nitrogen and oxygen atoms in total. The standard InChI is InChI=1S/C16H22F2N2/c1-3-19-11-8-12-5-6-13(9-11)20(12)16-14(17)7-4-10(2)15(16)18/h4,7,11-13,19H,3,5-6,8-9H2,1-2H3. The van der Waals surface area contributed by atoms with Gasteiger partial charge in [-0.1, -0.05) is 13.0 Å². The van der Waals surface area contributed by atoms with Crippen LogP contribution in [-0.4, -0.2) is 24.7 Å². The summed E-state index contributed by atoms with van der Waals surface area (Å²) >= 11 is 0. The molecule has 2 fully saturated rings. The minimum Gasteiger partial charge on any atom is -0.361 e. The maximum atomic E-state index is 14.4. The van der Waals surface area contributed by atoms with Gasteiger partial charge in [-0.15, -0.1) is 0 Å². The second-order valence-electron chi connectivity index (χ2n) is 6.05. The lowest BCUT2D eigenvalue weighted by molar-refractivity contribution is 0.355. The van der Waals surface area contributed by atoms with E-state index in [-0.39, 0.29) is 23.6 Å². The largest absolute Gasteiger partial charge is 0.361 e. The maximum Gasteiger partial charge on any atom is 0.152 e. The fourth-order valence-corrected chi connectivity index (χ4v) is 3.88. The smallest absolute Gasteiger partial charge is 0.152 e. The van der Waals surface area contributed by atoms with Crippen LogP contribution in [0.2, 0.25) is 0 Å². The Morgan fingerprint density at radius 3 is 2.45 bits per heavy atom. The predicted molar refractivity (Wildman–Crippen MR) is 77.1 cm³/mol.